The monoisotopic (exact) mass is 481 g/mol. The second-order valence-electron chi connectivity index (χ2n) is 2.99. The molecule has 0 fully saturated rings. The number of nitrogens with zero attached hydrogens (tertiary/aromatic N) is 2. The summed E-state index contributed by atoms with van der Waals surface area (Å²) in [6, 6.07) is 11.6. The molecular formula is C12H12Cl2N2O2Pt. The minimum Gasteiger partial charge on any atom is -0.255 e. The number of pyridine rings is 2. The molecular weight excluding hydrogens is 470 g/mol. The number of halogens is 2. The quantitative estimate of drug-likeness (QED) is 0.675. The van der Waals surface area contributed by atoms with Crippen LogP contribution in [0.25, 0.3) is 11.4 Å². The zero-order valence-electron chi connectivity index (χ0n) is 9.94. The molecule has 0 aliphatic heterocycles. The van der Waals surface area contributed by atoms with Crippen molar-refractivity contribution >= 4 is 24.8 Å². The van der Waals surface area contributed by atoms with E-state index in [-0.39, 0.29) is 0 Å². The van der Waals surface area contributed by atoms with Gasteiger partial charge in [0.1, 0.15) is 0 Å². The summed E-state index contributed by atoms with van der Waals surface area (Å²) in [5.74, 6) is -0.833. The van der Waals surface area contributed by atoms with Crippen molar-refractivity contribution in [2.24, 2.45) is 0 Å². The minimum atomic E-state index is -0.833. The first-order valence-corrected chi connectivity index (χ1v) is 10.6. The van der Waals surface area contributed by atoms with E-state index < -0.39 is 22.5 Å². The van der Waals surface area contributed by atoms with E-state index in [0.717, 1.165) is 18.3 Å². The number of hydrogen-bond donors (Lipinski definition) is 1. The van der Waals surface area contributed by atoms with E-state index in [0.29, 0.717) is 0 Å². The van der Waals surface area contributed by atoms with Crippen LogP contribution in [0, 0.1) is 0 Å². The topological polar surface area (TPSA) is 63.1 Å². The van der Waals surface area contributed by atoms with E-state index in [9.17, 15) is 0 Å². The van der Waals surface area contributed by atoms with Crippen molar-refractivity contribution in [3.05, 3.63) is 48.8 Å². The zero-order chi connectivity index (χ0) is 14.5. The molecule has 0 saturated carbocycles. The molecule has 0 saturated heterocycles. The molecule has 0 atom stereocenters. The Morgan fingerprint density at radius 2 is 1.37 bits per heavy atom. The van der Waals surface area contributed by atoms with Gasteiger partial charge in [-0.25, -0.2) is 0 Å². The first-order valence-electron chi connectivity index (χ1n) is 4.96. The van der Waals surface area contributed by atoms with E-state index >= 15 is 0 Å². The second-order valence-corrected chi connectivity index (χ2v) is 6.28. The summed E-state index contributed by atoms with van der Waals surface area (Å²) >= 11 is -0.472. The van der Waals surface area contributed by atoms with Gasteiger partial charge in [0.2, 0.25) is 0 Å². The van der Waals surface area contributed by atoms with Crippen molar-refractivity contribution < 1.29 is 26.4 Å². The maximum Gasteiger partial charge on any atom is 0.0886 e. The molecule has 2 rings (SSSR count). The SMILES string of the molecule is CC(=O)O.[Cl][Pt][Cl].c1ccc(-c2ccccn2)nc1. The Labute approximate surface area is 128 Å². The van der Waals surface area contributed by atoms with Crippen molar-refractivity contribution in [3.63, 3.8) is 0 Å². The standard InChI is InChI=1S/C10H8N2.C2H4O2.2ClH.Pt/c1-3-7-11-9(5-1)10-6-2-4-8-12-10;1-2(3)4;;;/h1-8H;1H3,(H,3,4);2*1H;/q;;;;+2/p-2. The molecule has 0 amide bonds. The van der Waals surface area contributed by atoms with Gasteiger partial charge in [-0.2, -0.15) is 0 Å². The second kappa shape index (κ2) is 12.1. The van der Waals surface area contributed by atoms with Gasteiger partial charge in [-0.3, -0.25) is 14.8 Å². The van der Waals surface area contributed by atoms with E-state index in [4.69, 9.17) is 28.7 Å². The van der Waals surface area contributed by atoms with Gasteiger partial charge < -0.3 is 5.11 Å². The normalized spacial score (nSPS) is 8.58. The van der Waals surface area contributed by atoms with Gasteiger partial charge in [-0.15, -0.1) is 0 Å². The maximum absolute atomic E-state index is 9.00. The minimum absolute atomic E-state index is 0.472. The first-order chi connectivity index (χ1) is 9.11. The Bertz CT molecular complexity index is 416. The fraction of sp³-hybridized carbons (Fsp3) is 0.0833. The van der Waals surface area contributed by atoms with Crippen molar-refractivity contribution in [2.75, 3.05) is 0 Å². The number of carbonyl (C=O) groups is 1. The summed E-state index contributed by atoms with van der Waals surface area (Å²) in [6.07, 6.45) is 3.54. The predicted octanol–water partition coefficient (Wildman–Crippen LogP) is 3.61. The zero-order valence-corrected chi connectivity index (χ0v) is 13.7. The number of aliphatic carboxylic acids is 1. The van der Waals surface area contributed by atoms with E-state index in [1.807, 2.05) is 36.4 Å². The van der Waals surface area contributed by atoms with Crippen LogP contribution < -0.4 is 0 Å². The Kier molecular flexibility index (Phi) is 11.5. The molecule has 0 spiro atoms. The molecule has 106 valence electrons. The average molecular weight is 482 g/mol. The van der Waals surface area contributed by atoms with E-state index in [1.54, 1.807) is 12.4 Å². The summed E-state index contributed by atoms with van der Waals surface area (Å²) in [4.78, 5) is 17.4. The molecule has 0 aliphatic carbocycles. The van der Waals surface area contributed by atoms with Gasteiger partial charge >= 0.3 is 35.3 Å². The van der Waals surface area contributed by atoms with Crippen LogP contribution in [-0.4, -0.2) is 21.0 Å². The summed E-state index contributed by atoms with van der Waals surface area (Å²) in [5.41, 5.74) is 1.83. The molecule has 1 N–H and O–H groups in total. The van der Waals surface area contributed by atoms with Crippen LogP contribution in [0.1, 0.15) is 6.92 Å². The Morgan fingerprint density at radius 1 is 1.05 bits per heavy atom. The number of aromatic nitrogens is 2. The molecule has 0 unspecified atom stereocenters. The van der Waals surface area contributed by atoms with Crippen LogP contribution in [0.15, 0.2) is 48.8 Å². The molecule has 7 heteroatoms. The summed E-state index contributed by atoms with van der Waals surface area (Å²) < 4.78 is 0. The summed E-state index contributed by atoms with van der Waals surface area (Å²) in [7, 11) is 9.75. The summed E-state index contributed by atoms with van der Waals surface area (Å²) in [5, 5.41) is 7.42. The van der Waals surface area contributed by atoms with Crippen LogP contribution in [-0.2, 0) is 21.3 Å². The number of hydrogen-bond acceptors (Lipinski definition) is 3. The van der Waals surface area contributed by atoms with Crippen LogP contribution in [0.4, 0.5) is 0 Å². The van der Waals surface area contributed by atoms with Gasteiger partial charge in [0.25, 0.3) is 5.97 Å². The van der Waals surface area contributed by atoms with Crippen LogP contribution in [0.3, 0.4) is 0 Å². The predicted molar refractivity (Wildman–Crippen MR) is 72.5 cm³/mol. The Morgan fingerprint density at radius 3 is 1.58 bits per heavy atom. The van der Waals surface area contributed by atoms with Gasteiger partial charge in [-0.1, -0.05) is 12.1 Å². The third-order valence-electron chi connectivity index (χ3n) is 1.59. The van der Waals surface area contributed by atoms with Gasteiger partial charge in [-0.05, 0) is 24.3 Å². The fourth-order valence-corrected chi connectivity index (χ4v) is 1.03. The van der Waals surface area contributed by atoms with Crippen LogP contribution in [0.2, 0.25) is 0 Å². The third kappa shape index (κ3) is 10.6. The Hall–Kier alpha value is -0.962. The van der Waals surface area contributed by atoms with Gasteiger partial charge in [0.15, 0.2) is 0 Å². The van der Waals surface area contributed by atoms with Crippen molar-refractivity contribution in [1.29, 1.82) is 0 Å². The molecule has 2 aromatic heterocycles. The molecule has 0 bridgehead atoms. The van der Waals surface area contributed by atoms with Crippen LogP contribution in [0.5, 0.6) is 0 Å². The van der Waals surface area contributed by atoms with Gasteiger partial charge in [0.05, 0.1) is 11.4 Å². The molecule has 2 aromatic rings. The average Bonchev–Trinajstić information content (AvgIpc) is 2.41. The molecule has 4 nitrogen and oxygen atoms in total. The fourth-order valence-electron chi connectivity index (χ4n) is 1.03. The van der Waals surface area contributed by atoms with E-state index in [2.05, 4.69) is 9.97 Å². The maximum atomic E-state index is 9.00. The Balaban J connectivity index is 0.000000393. The van der Waals surface area contributed by atoms with Crippen LogP contribution >= 0.6 is 18.8 Å². The van der Waals surface area contributed by atoms with E-state index in [1.165, 1.54) is 0 Å². The molecule has 2 heterocycles. The molecule has 19 heavy (non-hydrogen) atoms. The third-order valence-corrected chi connectivity index (χ3v) is 1.59. The molecule has 0 aliphatic rings. The molecule has 0 radical (unpaired) electrons. The number of rotatable bonds is 1. The van der Waals surface area contributed by atoms with Crippen molar-refractivity contribution in [1.82, 2.24) is 9.97 Å². The number of carboxylic acid groups (broad SMARTS) is 1. The van der Waals surface area contributed by atoms with Gasteiger partial charge in [0, 0.05) is 19.3 Å². The first kappa shape index (κ1) is 18.0. The van der Waals surface area contributed by atoms with Crippen molar-refractivity contribution in [2.45, 2.75) is 6.92 Å². The largest absolute Gasteiger partial charge is 0.255 e. The van der Waals surface area contributed by atoms with Crippen molar-refractivity contribution in [3.8, 4) is 11.4 Å². The summed E-state index contributed by atoms with van der Waals surface area (Å²) in [6.45, 7) is 1.08. The number of carboxylic acids is 1. The smallest absolute Gasteiger partial charge is 0.0886 e. The molecule has 0 aromatic carbocycles.